The van der Waals surface area contributed by atoms with Crippen LogP contribution >= 0.6 is 0 Å². The fourth-order valence-electron chi connectivity index (χ4n) is 5.61. The second-order valence-corrected chi connectivity index (χ2v) is 16.3. The van der Waals surface area contributed by atoms with Crippen LogP contribution in [-0.2, 0) is 36.0 Å². The Morgan fingerprint density at radius 2 is 1.77 bits per heavy atom. The smallest absolute Gasteiger partial charge is 0.411 e. The lowest BCUT2D eigenvalue weighted by molar-refractivity contribution is -0.145. The Kier molecular flexibility index (Phi) is 10.9. The van der Waals surface area contributed by atoms with Crippen molar-refractivity contribution in [1.29, 1.82) is 5.26 Å². The van der Waals surface area contributed by atoms with Gasteiger partial charge in [0.25, 0.3) is 0 Å². The maximum Gasteiger partial charge on any atom is 0.411 e. The SMILES string of the molecule is CC(=O)O[C@@H]1C[C@H](C(=O)Nc2cc(C(CCC3CC3)(N[S+]([O-])C(C)(C)C)c3cccc(C#N)c3)ccc2F)N(C(=O)OC(C)(C)C)C1. The highest BCUT2D eigenvalue weighted by Crippen LogP contribution is 2.43. The van der Waals surface area contributed by atoms with E-state index in [4.69, 9.17) is 9.47 Å². The molecule has 254 valence electrons. The molecule has 1 aliphatic heterocycles. The Labute approximate surface area is 279 Å². The van der Waals surface area contributed by atoms with Gasteiger partial charge in [-0.05, 0) is 95.7 Å². The maximum atomic E-state index is 15.5. The average Bonchev–Trinajstić information content (AvgIpc) is 3.72. The number of nitriles is 1. The fourth-order valence-corrected chi connectivity index (χ4v) is 6.57. The van der Waals surface area contributed by atoms with E-state index in [2.05, 4.69) is 16.1 Å². The van der Waals surface area contributed by atoms with E-state index in [-0.39, 0.29) is 18.7 Å². The van der Waals surface area contributed by atoms with E-state index in [0.29, 0.717) is 29.0 Å². The molecule has 4 atom stereocenters. The van der Waals surface area contributed by atoms with Crippen molar-refractivity contribution in [3.63, 3.8) is 0 Å². The van der Waals surface area contributed by atoms with Crippen LogP contribution in [0, 0.1) is 23.1 Å². The number of anilines is 1. The molecular formula is C35H45FN4O6S. The van der Waals surface area contributed by atoms with E-state index >= 15 is 4.39 Å². The Morgan fingerprint density at radius 1 is 1.09 bits per heavy atom. The number of likely N-dealkylation sites (tertiary alicyclic amines) is 1. The summed E-state index contributed by atoms with van der Waals surface area (Å²) in [7, 11) is 0. The molecule has 4 rings (SSSR count). The van der Waals surface area contributed by atoms with Gasteiger partial charge in [0.1, 0.15) is 33.9 Å². The van der Waals surface area contributed by atoms with Gasteiger partial charge in [0.05, 0.1) is 23.9 Å². The number of nitrogens with zero attached hydrogens (tertiary/aromatic N) is 2. The summed E-state index contributed by atoms with van der Waals surface area (Å²) in [6.45, 7) is 11.8. The van der Waals surface area contributed by atoms with E-state index in [9.17, 15) is 24.2 Å². The van der Waals surface area contributed by atoms with Crippen LogP contribution in [0.1, 0.15) is 97.3 Å². The molecule has 2 aromatic carbocycles. The maximum absolute atomic E-state index is 15.5. The largest absolute Gasteiger partial charge is 0.598 e. The number of carbonyl (C=O) groups is 3. The molecule has 12 heteroatoms. The third kappa shape index (κ3) is 9.24. The monoisotopic (exact) mass is 668 g/mol. The standard InChI is InChI=1S/C35H45FN4O6S/c1-22(41)45-27-19-30(40(21-27)32(43)46-33(2,3)4)31(42)38-29-18-26(13-14-28(29)36)35(16-15-23-11-12-23,39-47(44)34(5,6)7)25-10-8-9-24(17-25)20-37/h8-10,13-14,17-18,23,27,30,39H,11-12,15-16,19,21H2,1-7H3,(H,38,42)/t27-,30-,35?,47?/m1/s1. The number of halogens is 1. The van der Waals surface area contributed by atoms with Gasteiger partial charge in [0.15, 0.2) is 0 Å². The fraction of sp³-hybridized carbons (Fsp3) is 0.543. The van der Waals surface area contributed by atoms with E-state index in [1.807, 2.05) is 26.8 Å². The molecule has 2 N–H and O–H groups in total. The predicted molar refractivity (Wildman–Crippen MR) is 177 cm³/mol. The van der Waals surface area contributed by atoms with Crippen molar-refractivity contribution in [2.45, 2.75) is 109 Å². The molecule has 0 spiro atoms. The summed E-state index contributed by atoms with van der Waals surface area (Å²) in [6.07, 6.45) is 1.99. The topological polar surface area (TPSA) is 144 Å². The summed E-state index contributed by atoms with van der Waals surface area (Å²) < 4.78 is 42.8. The number of hydrogen-bond acceptors (Lipinski definition) is 8. The molecule has 47 heavy (non-hydrogen) atoms. The Hall–Kier alpha value is -3.66. The molecule has 2 amide bonds. The minimum Gasteiger partial charge on any atom is -0.598 e. The molecular weight excluding hydrogens is 623 g/mol. The molecule has 0 bridgehead atoms. The van der Waals surface area contributed by atoms with Crippen molar-refractivity contribution >= 4 is 35.0 Å². The number of ether oxygens (including phenoxy) is 2. The molecule has 0 radical (unpaired) electrons. The van der Waals surface area contributed by atoms with E-state index < -0.39 is 63.2 Å². The van der Waals surface area contributed by atoms with Crippen molar-refractivity contribution in [2.24, 2.45) is 5.92 Å². The Bertz CT molecular complexity index is 1530. The number of nitrogens with one attached hydrogen (secondary N) is 2. The third-order valence-corrected chi connectivity index (χ3v) is 9.82. The van der Waals surface area contributed by atoms with Crippen molar-refractivity contribution < 1.29 is 32.8 Å². The lowest BCUT2D eigenvalue weighted by atomic mass is 9.79. The number of benzene rings is 2. The van der Waals surface area contributed by atoms with Crippen molar-refractivity contribution in [1.82, 2.24) is 9.62 Å². The average molecular weight is 669 g/mol. The Morgan fingerprint density at radius 3 is 2.36 bits per heavy atom. The van der Waals surface area contributed by atoms with Crippen LogP contribution in [0.2, 0.25) is 0 Å². The number of esters is 1. The Balaban J connectivity index is 1.75. The minimum atomic E-state index is -1.58. The highest BCUT2D eigenvalue weighted by molar-refractivity contribution is 7.90. The quantitative estimate of drug-likeness (QED) is 0.230. The van der Waals surface area contributed by atoms with Crippen LogP contribution in [-0.4, -0.2) is 56.5 Å². The van der Waals surface area contributed by atoms with Gasteiger partial charge in [-0.3, -0.25) is 14.5 Å². The van der Waals surface area contributed by atoms with Gasteiger partial charge >= 0.3 is 12.1 Å². The first-order valence-electron chi connectivity index (χ1n) is 15.9. The van der Waals surface area contributed by atoms with Gasteiger partial charge in [-0.25, -0.2) is 9.18 Å². The molecule has 1 saturated heterocycles. The van der Waals surface area contributed by atoms with E-state index in [1.54, 1.807) is 45.0 Å². The zero-order chi connectivity index (χ0) is 34.7. The number of carbonyl (C=O) groups excluding carboxylic acids is 3. The zero-order valence-corrected chi connectivity index (χ0v) is 29.0. The minimum absolute atomic E-state index is 0.00433. The summed E-state index contributed by atoms with van der Waals surface area (Å²) in [5.74, 6) is -1.44. The molecule has 1 heterocycles. The van der Waals surface area contributed by atoms with Gasteiger partial charge in [0, 0.05) is 24.7 Å². The van der Waals surface area contributed by atoms with Crippen LogP contribution in [0.15, 0.2) is 42.5 Å². The predicted octanol–water partition coefficient (Wildman–Crippen LogP) is 6.06. The van der Waals surface area contributed by atoms with Gasteiger partial charge in [0.2, 0.25) is 5.91 Å². The van der Waals surface area contributed by atoms with Crippen LogP contribution in [0.4, 0.5) is 14.9 Å². The van der Waals surface area contributed by atoms with Crippen LogP contribution in [0.3, 0.4) is 0 Å². The van der Waals surface area contributed by atoms with Crippen LogP contribution < -0.4 is 10.0 Å². The highest BCUT2D eigenvalue weighted by atomic mass is 32.2. The van der Waals surface area contributed by atoms with Crippen molar-refractivity contribution in [3.8, 4) is 6.07 Å². The lowest BCUT2D eigenvalue weighted by Gasteiger charge is -2.39. The van der Waals surface area contributed by atoms with Crippen LogP contribution in [0.5, 0.6) is 0 Å². The molecule has 2 aliphatic rings. The normalized spacial score (nSPS) is 20.1. The van der Waals surface area contributed by atoms with Crippen molar-refractivity contribution in [2.75, 3.05) is 11.9 Å². The highest BCUT2D eigenvalue weighted by Gasteiger charge is 2.45. The van der Waals surface area contributed by atoms with E-state index in [1.165, 1.54) is 24.0 Å². The summed E-state index contributed by atoms with van der Waals surface area (Å²) in [6, 6.07) is 12.5. The first-order valence-corrected chi connectivity index (χ1v) is 17.0. The summed E-state index contributed by atoms with van der Waals surface area (Å²) in [4.78, 5) is 39.7. The molecule has 1 saturated carbocycles. The van der Waals surface area contributed by atoms with Gasteiger partial charge in [-0.15, -0.1) is 4.72 Å². The molecule has 1 aliphatic carbocycles. The second kappa shape index (κ2) is 14.2. The second-order valence-electron chi connectivity index (χ2n) is 14.4. The summed E-state index contributed by atoms with van der Waals surface area (Å²) in [5.41, 5.74) is -0.418. The summed E-state index contributed by atoms with van der Waals surface area (Å²) >= 11 is -1.58. The van der Waals surface area contributed by atoms with Crippen molar-refractivity contribution in [3.05, 3.63) is 65.0 Å². The van der Waals surface area contributed by atoms with Gasteiger partial charge < -0.3 is 19.3 Å². The molecule has 2 aromatic rings. The first-order chi connectivity index (χ1) is 21.9. The van der Waals surface area contributed by atoms with Gasteiger partial charge in [-0.2, -0.15) is 5.26 Å². The number of rotatable bonds is 10. The summed E-state index contributed by atoms with van der Waals surface area (Å²) in [5, 5.41) is 12.4. The third-order valence-electron chi connectivity index (χ3n) is 8.18. The van der Waals surface area contributed by atoms with Gasteiger partial charge in [-0.1, -0.05) is 31.0 Å². The first kappa shape index (κ1) is 36.2. The molecule has 0 aromatic heterocycles. The zero-order valence-electron chi connectivity index (χ0n) is 28.1. The molecule has 2 fully saturated rings. The van der Waals surface area contributed by atoms with Crippen LogP contribution in [0.25, 0.3) is 0 Å². The number of hydrogen-bond donors (Lipinski definition) is 2. The van der Waals surface area contributed by atoms with E-state index in [0.717, 1.165) is 19.3 Å². The number of amides is 2. The molecule has 10 nitrogen and oxygen atoms in total. The lowest BCUT2D eigenvalue weighted by Crippen LogP contribution is -2.52. The molecule has 2 unspecified atom stereocenters.